The first-order chi connectivity index (χ1) is 8.88. The van der Waals surface area contributed by atoms with Crippen LogP contribution in [0.15, 0.2) is 12.1 Å². The van der Waals surface area contributed by atoms with Crippen molar-refractivity contribution < 1.29 is 4.79 Å². The number of anilines is 1. The zero-order valence-electron chi connectivity index (χ0n) is 10.8. The number of hydrogen-bond donors (Lipinski definition) is 1. The normalized spacial score (nSPS) is 12.9. The molecule has 1 N–H and O–H groups in total. The van der Waals surface area contributed by atoms with Crippen molar-refractivity contribution in [1.82, 2.24) is 4.98 Å². The highest BCUT2D eigenvalue weighted by molar-refractivity contribution is 7.22. The number of aromatic nitrogens is 1. The Labute approximate surface area is 125 Å². The Bertz CT molecular complexity index is 622. The van der Waals surface area contributed by atoms with E-state index in [0.29, 0.717) is 16.1 Å². The molecule has 3 nitrogen and oxygen atoms in total. The minimum atomic E-state index is -0.583. The summed E-state index contributed by atoms with van der Waals surface area (Å²) in [7, 11) is 0. The Morgan fingerprint density at radius 2 is 2.05 bits per heavy atom. The molecule has 2 aromatic rings. The van der Waals surface area contributed by atoms with Gasteiger partial charge in [0, 0.05) is 5.02 Å². The van der Waals surface area contributed by atoms with Crippen LogP contribution in [0.2, 0.25) is 5.02 Å². The van der Waals surface area contributed by atoms with Crippen LogP contribution in [0.4, 0.5) is 5.13 Å². The summed E-state index contributed by atoms with van der Waals surface area (Å²) < 4.78 is 0.966. The molecule has 1 aromatic heterocycles. The number of nitrogens with zero attached hydrogens (tertiary/aromatic N) is 1. The first-order valence-corrected chi connectivity index (χ1v) is 7.56. The lowest BCUT2D eigenvalue weighted by molar-refractivity contribution is -0.115. The summed E-state index contributed by atoms with van der Waals surface area (Å²) >= 11 is 13.2. The van der Waals surface area contributed by atoms with Gasteiger partial charge >= 0.3 is 0 Å². The summed E-state index contributed by atoms with van der Waals surface area (Å²) in [6, 6.07) is 3.78. The topological polar surface area (TPSA) is 42.0 Å². The standard InChI is InChI=1S/C13H14Cl2N2OS/c1-6(2)9-4-8(15)5-10-11(9)16-13(19-10)17-12(18)7(3)14/h4-7H,1-3H3,(H,16,17,18). The molecule has 2 rings (SSSR count). The van der Waals surface area contributed by atoms with Gasteiger partial charge in [-0.25, -0.2) is 4.98 Å². The van der Waals surface area contributed by atoms with Crippen LogP contribution in [0, 0.1) is 0 Å². The third-order valence-electron chi connectivity index (χ3n) is 2.70. The van der Waals surface area contributed by atoms with Gasteiger partial charge in [-0.3, -0.25) is 4.79 Å². The van der Waals surface area contributed by atoms with Crippen molar-refractivity contribution in [3.63, 3.8) is 0 Å². The number of carbonyl (C=O) groups excluding carboxylic acids is 1. The fourth-order valence-corrected chi connectivity index (χ4v) is 3.01. The van der Waals surface area contributed by atoms with Gasteiger partial charge in [-0.2, -0.15) is 0 Å². The number of nitrogens with one attached hydrogen (secondary N) is 1. The molecule has 0 spiro atoms. The van der Waals surface area contributed by atoms with Gasteiger partial charge in [0.15, 0.2) is 5.13 Å². The molecule has 0 saturated carbocycles. The van der Waals surface area contributed by atoms with Crippen molar-refractivity contribution in [2.45, 2.75) is 32.1 Å². The lowest BCUT2D eigenvalue weighted by atomic mass is 10.0. The Kier molecular flexibility index (Phi) is 4.33. The van der Waals surface area contributed by atoms with Gasteiger partial charge in [-0.05, 0) is 30.5 Å². The second kappa shape index (κ2) is 5.65. The lowest BCUT2D eigenvalue weighted by Gasteiger charge is -2.06. The number of alkyl halides is 1. The van der Waals surface area contributed by atoms with Crippen LogP contribution in [0.5, 0.6) is 0 Å². The van der Waals surface area contributed by atoms with E-state index in [2.05, 4.69) is 24.1 Å². The molecule has 6 heteroatoms. The third-order valence-corrected chi connectivity index (χ3v) is 4.04. The Morgan fingerprint density at radius 3 is 2.63 bits per heavy atom. The average Bonchev–Trinajstić information content (AvgIpc) is 2.69. The van der Waals surface area contributed by atoms with E-state index in [0.717, 1.165) is 15.8 Å². The molecule has 0 aliphatic carbocycles. The maximum absolute atomic E-state index is 11.6. The van der Waals surface area contributed by atoms with Crippen LogP contribution in [-0.4, -0.2) is 16.3 Å². The van der Waals surface area contributed by atoms with Crippen LogP contribution in [0.1, 0.15) is 32.3 Å². The highest BCUT2D eigenvalue weighted by Crippen LogP contribution is 2.34. The summed E-state index contributed by atoms with van der Waals surface area (Å²) in [5.41, 5.74) is 1.97. The first kappa shape index (κ1) is 14.6. The second-order valence-corrected chi connectivity index (χ2v) is 6.74. The predicted molar refractivity (Wildman–Crippen MR) is 82.7 cm³/mol. The second-order valence-electron chi connectivity index (χ2n) is 4.62. The molecule has 0 radical (unpaired) electrons. The fraction of sp³-hybridized carbons (Fsp3) is 0.385. The highest BCUT2D eigenvalue weighted by Gasteiger charge is 2.15. The van der Waals surface area contributed by atoms with Gasteiger partial charge < -0.3 is 5.32 Å². The van der Waals surface area contributed by atoms with Crippen LogP contribution < -0.4 is 5.32 Å². The number of amides is 1. The SMILES string of the molecule is CC(Cl)C(=O)Nc1nc2c(C(C)C)cc(Cl)cc2s1. The van der Waals surface area contributed by atoms with Crippen molar-refractivity contribution in [2.24, 2.45) is 0 Å². The molecule has 19 heavy (non-hydrogen) atoms. The van der Waals surface area contributed by atoms with Crippen molar-refractivity contribution >= 4 is 55.8 Å². The Morgan fingerprint density at radius 1 is 1.37 bits per heavy atom. The first-order valence-electron chi connectivity index (χ1n) is 5.93. The molecule has 1 amide bonds. The van der Waals surface area contributed by atoms with Crippen LogP contribution in [0.3, 0.4) is 0 Å². The van der Waals surface area contributed by atoms with Crippen LogP contribution in [0.25, 0.3) is 10.2 Å². The van der Waals surface area contributed by atoms with Crippen LogP contribution in [-0.2, 0) is 4.79 Å². The molecule has 1 atom stereocenters. The molecule has 1 unspecified atom stereocenters. The number of rotatable bonds is 3. The van der Waals surface area contributed by atoms with E-state index in [-0.39, 0.29) is 5.91 Å². The minimum Gasteiger partial charge on any atom is -0.301 e. The molecule has 0 aliphatic rings. The summed E-state index contributed by atoms with van der Waals surface area (Å²) in [5, 5.41) is 3.36. The largest absolute Gasteiger partial charge is 0.301 e. The molecule has 1 aromatic carbocycles. The number of thiazole rings is 1. The monoisotopic (exact) mass is 316 g/mol. The minimum absolute atomic E-state index is 0.252. The van der Waals surface area contributed by atoms with Gasteiger partial charge in [0.1, 0.15) is 5.38 Å². The zero-order chi connectivity index (χ0) is 14.2. The fourth-order valence-electron chi connectivity index (χ4n) is 1.72. The van der Waals surface area contributed by atoms with Crippen molar-refractivity contribution in [1.29, 1.82) is 0 Å². The van der Waals surface area contributed by atoms with Gasteiger partial charge in [-0.15, -0.1) is 11.6 Å². The van der Waals surface area contributed by atoms with E-state index < -0.39 is 5.38 Å². The summed E-state index contributed by atoms with van der Waals surface area (Å²) in [6.45, 7) is 5.80. The predicted octanol–water partition coefficient (Wildman–Crippen LogP) is 4.64. The van der Waals surface area contributed by atoms with Gasteiger partial charge in [0.05, 0.1) is 10.2 Å². The van der Waals surface area contributed by atoms with Gasteiger partial charge in [-0.1, -0.05) is 36.8 Å². The van der Waals surface area contributed by atoms with E-state index >= 15 is 0 Å². The van der Waals surface area contributed by atoms with E-state index in [9.17, 15) is 4.79 Å². The molecule has 0 bridgehead atoms. The molecule has 0 saturated heterocycles. The maximum Gasteiger partial charge on any atom is 0.243 e. The van der Waals surface area contributed by atoms with E-state index in [1.165, 1.54) is 11.3 Å². The van der Waals surface area contributed by atoms with Crippen molar-refractivity contribution in [3.8, 4) is 0 Å². The molecular formula is C13H14Cl2N2OS. The maximum atomic E-state index is 11.6. The summed E-state index contributed by atoms with van der Waals surface area (Å²) in [4.78, 5) is 16.0. The molecule has 0 fully saturated rings. The van der Waals surface area contributed by atoms with Crippen molar-refractivity contribution in [2.75, 3.05) is 5.32 Å². The molecule has 1 heterocycles. The van der Waals surface area contributed by atoms with E-state index in [4.69, 9.17) is 23.2 Å². The average molecular weight is 317 g/mol. The molecule has 0 aliphatic heterocycles. The van der Waals surface area contributed by atoms with Gasteiger partial charge in [0.25, 0.3) is 0 Å². The summed E-state index contributed by atoms with van der Waals surface area (Å²) in [6.07, 6.45) is 0. The third kappa shape index (κ3) is 3.19. The lowest BCUT2D eigenvalue weighted by Crippen LogP contribution is -2.20. The Hall–Kier alpha value is -0.840. The quantitative estimate of drug-likeness (QED) is 0.838. The van der Waals surface area contributed by atoms with Crippen LogP contribution >= 0.6 is 34.5 Å². The summed E-state index contributed by atoms with van der Waals surface area (Å²) in [5.74, 6) is 0.0664. The van der Waals surface area contributed by atoms with E-state index in [1.807, 2.05) is 12.1 Å². The number of hydrogen-bond acceptors (Lipinski definition) is 3. The Balaban J connectivity index is 2.45. The number of benzene rings is 1. The van der Waals surface area contributed by atoms with Crippen molar-refractivity contribution in [3.05, 3.63) is 22.7 Å². The van der Waals surface area contributed by atoms with Gasteiger partial charge in [0.2, 0.25) is 5.91 Å². The molecular weight excluding hydrogens is 303 g/mol. The molecule has 102 valence electrons. The smallest absolute Gasteiger partial charge is 0.243 e. The zero-order valence-corrected chi connectivity index (χ0v) is 13.2. The number of carbonyl (C=O) groups is 1. The number of fused-ring (bicyclic) bond motifs is 1. The van der Waals surface area contributed by atoms with E-state index in [1.54, 1.807) is 6.92 Å². The highest BCUT2D eigenvalue weighted by atomic mass is 35.5. The number of halogens is 2.